The summed E-state index contributed by atoms with van der Waals surface area (Å²) in [7, 11) is -4.45. The highest BCUT2D eigenvalue weighted by molar-refractivity contribution is 7.85. The van der Waals surface area contributed by atoms with Crippen LogP contribution >= 0.6 is 11.6 Å². The summed E-state index contributed by atoms with van der Waals surface area (Å²) in [6.07, 6.45) is 3.31. The fourth-order valence-corrected chi connectivity index (χ4v) is 2.66. The lowest BCUT2D eigenvalue weighted by atomic mass is 10.3. The van der Waals surface area contributed by atoms with E-state index >= 15 is 0 Å². The first kappa shape index (κ1) is 15.5. The number of anilines is 1. The summed E-state index contributed by atoms with van der Waals surface area (Å²) in [6, 6.07) is 10.8. The fraction of sp³-hybridized carbons (Fsp3) is 0. The number of rotatable bonds is 4. The van der Waals surface area contributed by atoms with Crippen molar-refractivity contribution in [1.29, 1.82) is 0 Å². The minimum Gasteiger partial charge on any atom is -0.744 e. The summed E-state index contributed by atoms with van der Waals surface area (Å²) in [5.41, 5.74) is 4.56. The van der Waals surface area contributed by atoms with Crippen LogP contribution in [0.4, 0.5) is 5.69 Å². The minimum atomic E-state index is -4.45. The van der Waals surface area contributed by atoms with Gasteiger partial charge in [-0.15, -0.1) is 0 Å². The summed E-state index contributed by atoms with van der Waals surface area (Å²) in [6.45, 7) is 0. The maximum atomic E-state index is 10.8. The van der Waals surface area contributed by atoms with Gasteiger partial charge >= 0.3 is 0 Å². The molecule has 1 N–H and O–H groups in total. The minimum absolute atomic E-state index is 0.295. The lowest BCUT2D eigenvalue weighted by Crippen LogP contribution is -1.99. The molecule has 0 unspecified atom stereocenters. The van der Waals surface area contributed by atoms with Crippen molar-refractivity contribution in [3.05, 3.63) is 59.5 Å². The van der Waals surface area contributed by atoms with E-state index in [-0.39, 0.29) is 4.90 Å². The van der Waals surface area contributed by atoms with E-state index < -0.39 is 10.1 Å². The van der Waals surface area contributed by atoms with E-state index in [2.05, 4.69) is 15.5 Å². The van der Waals surface area contributed by atoms with Crippen LogP contribution in [0.5, 0.6) is 0 Å². The Kier molecular flexibility index (Phi) is 4.03. The maximum Gasteiger partial charge on any atom is 0.157 e. The molecule has 2 heterocycles. The molecule has 3 rings (SSSR count). The van der Waals surface area contributed by atoms with Crippen LogP contribution in [0.15, 0.2) is 58.7 Å². The van der Waals surface area contributed by atoms with E-state index in [0.717, 1.165) is 0 Å². The molecule has 0 aliphatic heterocycles. The first-order chi connectivity index (χ1) is 10.9. The van der Waals surface area contributed by atoms with Crippen LogP contribution in [0.1, 0.15) is 5.69 Å². The van der Waals surface area contributed by atoms with Crippen LogP contribution in [0.2, 0.25) is 5.15 Å². The molecule has 1 aromatic carbocycles. The van der Waals surface area contributed by atoms with Crippen LogP contribution in [-0.4, -0.2) is 28.6 Å². The summed E-state index contributed by atoms with van der Waals surface area (Å²) in [5, 5.41) is 4.35. The summed E-state index contributed by atoms with van der Waals surface area (Å²) in [4.78, 5) is 3.89. The average molecular weight is 350 g/mol. The van der Waals surface area contributed by atoms with Crippen molar-refractivity contribution in [3.8, 4) is 0 Å². The SMILES string of the molecule is O=S(=O)([O-])c1ccc(N/N=C\c2c(Cl)nc3ccccn23)cc1. The van der Waals surface area contributed by atoms with Crippen molar-refractivity contribution in [2.45, 2.75) is 4.90 Å². The number of aromatic nitrogens is 2. The molecule has 0 aliphatic carbocycles. The van der Waals surface area contributed by atoms with E-state index in [9.17, 15) is 13.0 Å². The molecule has 0 spiro atoms. The van der Waals surface area contributed by atoms with Gasteiger partial charge in [0, 0.05) is 6.20 Å². The molecule has 0 aliphatic rings. The van der Waals surface area contributed by atoms with Gasteiger partial charge in [0.25, 0.3) is 0 Å². The number of benzene rings is 1. The number of pyridine rings is 1. The van der Waals surface area contributed by atoms with Crippen molar-refractivity contribution < 1.29 is 13.0 Å². The van der Waals surface area contributed by atoms with Crippen molar-refractivity contribution >= 4 is 39.3 Å². The average Bonchev–Trinajstić information content (AvgIpc) is 2.83. The van der Waals surface area contributed by atoms with Crippen molar-refractivity contribution in [1.82, 2.24) is 9.38 Å². The molecular weight excluding hydrogens is 340 g/mol. The van der Waals surface area contributed by atoms with Crippen LogP contribution in [0, 0.1) is 0 Å². The summed E-state index contributed by atoms with van der Waals surface area (Å²) in [5.74, 6) is 0. The molecular formula is C14H10ClN4O3S-. The largest absolute Gasteiger partial charge is 0.744 e. The molecule has 0 fully saturated rings. The number of nitrogens with zero attached hydrogens (tertiary/aromatic N) is 3. The first-order valence-corrected chi connectivity index (χ1v) is 8.21. The second-order valence-corrected chi connectivity index (χ2v) is 6.30. The molecule has 0 saturated carbocycles. The number of hydrazone groups is 1. The molecule has 3 aromatic rings. The van der Waals surface area contributed by atoms with Gasteiger partial charge in [-0.3, -0.25) is 9.83 Å². The van der Waals surface area contributed by atoms with Crippen LogP contribution in [0.25, 0.3) is 5.65 Å². The molecule has 9 heteroatoms. The first-order valence-electron chi connectivity index (χ1n) is 6.43. The number of hydrogen-bond donors (Lipinski definition) is 1. The van der Waals surface area contributed by atoms with Crippen molar-refractivity contribution in [2.24, 2.45) is 5.10 Å². The molecule has 2 aromatic heterocycles. The monoisotopic (exact) mass is 349 g/mol. The Morgan fingerprint density at radius 1 is 1.22 bits per heavy atom. The molecule has 0 bridgehead atoms. The molecule has 0 amide bonds. The number of fused-ring (bicyclic) bond motifs is 1. The topological polar surface area (TPSA) is 98.9 Å². The zero-order valence-corrected chi connectivity index (χ0v) is 13.1. The van der Waals surface area contributed by atoms with Gasteiger partial charge in [-0.1, -0.05) is 17.7 Å². The molecule has 0 radical (unpaired) electrons. The van der Waals surface area contributed by atoms with Crippen LogP contribution in [0.3, 0.4) is 0 Å². The van der Waals surface area contributed by atoms with Crippen molar-refractivity contribution in [3.63, 3.8) is 0 Å². The normalized spacial score (nSPS) is 12.1. The standard InChI is InChI=1S/C14H11ClN4O3S/c15-14-12(19-8-2-1-3-13(19)17-14)9-16-18-10-4-6-11(7-5-10)23(20,21)22/h1-9,18H,(H,20,21,22)/p-1/b16-9-. The van der Waals surface area contributed by atoms with Crippen molar-refractivity contribution in [2.75, 3.05) is 5.43 Å². The third kappa shape index (κ3) is 3.34. The van der Waals surface area contributed by atoms with Crippen LogP contribution in [-0.2, 0) is 10.1 Å². The molecule has 7 nitrogen and oxygen atoms in total. The molecule has 0 atom stereocenters. The zero-order valence-electron chi connectivity index (χ0n) is 11.5. The fourth-order valence-electron chi connectivity index (χ4n) is 1.97. The predicted molar refractivity (Wildman–Crippen MR) is 85.8 cm³/mol. The Balaban J connectivity index is 1.79. The number of halogens is 1. The quantitative estimate of drug-likeness (QED) is 0.443. The summed E-state index contributed by atoms with van der Waals surface area (Å²) < 4.78 is 34.3. The van der Waals surface area contributed by atoms with Gasteiger partial charge in [-0.25, -0.2) is 13.4 Å². The highest BCUT2D eigenvalue weighted by Gasteiger charge is 2.07. The van der Waals surface area contributed by atoms with E-state index in [4.69, 9.17) is 11.6 Å². The number of hydrogen-bond acceptors (Lipinski definition) is 6. The van der Waals surface area contributed by atoms with Crippen LogP contribution < -0.4 is 5.43 Å². The summed E-state index contributed by atoms with van der Waals surface area (Å²) >= 11 is 6.07. The Labute approximate surface area is 137 Å². The van der Waals surface area contributed by atoms with Gasteiger partial charge in [0.1, 0.15) is 21.5 Å². The second-order valence-electron chi connectivity index (χ2n) is 4.57. The maximum absolute atomic E-state index is 10.8. The van der Waals surface area contributed by atoms with Gasteiger partial charge < -0.3 is 4.55 Å². The Morgan fingerprint density at radius 3 is 2.65 bits per heavy atom. The van der Waals surface area contributed by atoms with E-state index in [1.807, 2.05) is 24.4 Å². The van der Waals surface area contributed by atoms with E-state index in [1.165, 1.54) is 30.5 Å². The van der Waals surface area contributed by atoms with Gasteiger partial charge in [-0.2, -0.15) is 5.10 Å². The predicted octanol–water partition coefficient (Wildman–Crippen LogP) is 2.34. The Hall–Kier alpha value is -2.42. The van der Waals surface area contributed by atoms with E-state index in [1.54, 1.807) is 4.40 Å². The van der Waals surface area contributed by atoms with Gasteiger partial charge in [0.15, 0.2) is 5.15 Å². The number of nitrogens with one attached hydrogen (secondary N) is 1. The van der Waals surface area contributed by atoms with Gasteiger partial charge in [-0.05, 0) is 36.4 Å². The zero-order chi connectivity index (χ0) is 16.4. The van der Waals surface area contributed by atoms with Gasteiger partial charge in [0.2, 0.25) is 0 Å². The van der Waals surface area contributed by atoms with Gasteiger partial charge in [0.05, 0.1) is 16.8 Å². The highest BCUT2D eigenvalue weighted by Crippen LogP contribution is 2.16. The molecule has 118 valence electrons. The Bertz CT molecular complexity index is 981. The van der Waals surface area contributed by atoms with E-state index in [0.29, 0.717) is 22.2 Å². The smallest absolute Gasteiger partial charge is 0.157 e. The molecule has 0 saturated heterocycles. The third-order valence-corrected chi connectivity index (χ3v) is 4.17. The third-order valence-electron chi connectivity index (χ3n) is 3.05. The Morgan fingerprint density at radius 2 is 1.96 bits per heavy atom. The lowest BCUT2D eigenvalue weighted by Gasteiger charge is -2.07. The lowest BCUT2D eigenvalue weighted by molar-refractivity contribution is 0.463. The molecule has 23 heavy (non-hydrogen) atoms. The second kappa shape index (κ2) is 5.99. The highest BCUT2D eigenvalue weighted by atomic mass is 35.5. The number of imidazole rings is 1.